The van der Waals surface area contributed by atoms with Crippen LogP contribution < -0.4 is 0 Å². The molecule has 0 atom stereocenters. The standard InChI is InChI=1S/C15H10ClF3O2/c16-13-6-3-10(7-11(13)8-14(20)21)9-1-4-12(5-2-9)15(17,18)19/h1-7H,8H2,(H,20,21). The van der Waals surface area contributed by atoms with E-state index in [1.165, 1.54) is 18.2 Å². The molecule has 2 rings (SSSR count). The molecule has 0 heterocycles. The summed E-state index contributed by atoms with van der Waals surface area (Å²) in [6.07, 6.45) is -4.62. The Morgan fingerprint density at radius 3 is 2.14 bits per heavy atom. The third kappa shape index (κ3) is 3.76. The highest BCUT2D eigenvalue weighted by Crippen LogP contribution is 2.32. The van der Waals surface area contributed by atoms with E-state index in [1.54, 1.807) is 12.1 Å². The number of carboxylic acids is 1. The minimum atomic E-state index is -4.38. The second kappa shape index (κ2) is 5.77. The fourth-order valence-corrected chi connectivity index (χ4v) is 2.09. The molecular formula is C15H10ClF3O2. The maximum absolute atomic E-state index is 12.5. The highest BCUT2D eigenvalue weighted by Gasteiger charge is 2.29. The summed E-state index contributed by atoms with van der Waals surface area (Å²) < 4.78 is 37.5. The number of halogens is 4. The van der Waals surface area contributed by atoms with E-state index in [9.17, 15) is 18.0 Å². The van der Waals surface area contributed by atoms with Crippen LogP contribution in [0.15, 0.2) is 42.5 Å². The van der Waals surface area contributed by atoms with E-state index >= 15 is 0 Å². The molecule has 0 saturated carbocycles. The van der Waals surface area contributed by atoms with Gasteiger partial charge in [0.1, 0.15) is 0 Å². The molecule has 0 spiro atoms. The van der Waals surface area contributed by atoms with Crippen molar-refractivity contribution in [1.82, 2.24) is 0 Å². The van der Waals surface area contributed by atoms with E-state index in [-0.39, 0.29) is 6.42 Å². The van der Waals surface area contributed by atoms with Crippen LogP contribution in [0.3, 0.4) is 0 Å². The van der Waals surface area contributed by atoms with Crippen molar-refractivity contribution < 1.29 is 23.1 Å². The molecule has 0 aliphatic carbocycles. The van der Waals surface area contributed by atoms with Gasteiger partial charge in [-0.1, -0.05) is 29.8 Å². The molecule has 0 radical (unpaired) electrons. The van der Waals surface area contributed by atoms with Gasteiger partial charge < -0.3 is 5.11 Å². The number of carbonyl (C=O) groups is 1. The van der Waals surface area contributed by atoms with Crippen LogP contribution in [-0.4, -0.2) is 11.1 Å². The van der Waals surface area contributed by atoms with E-state index < -0.39 is 17.7 Å². The third-order valence-corrected chi connectivity index (χ3v) is 3.30. The molecule has 1 N–H and O–H groups in total. The summed E-state index contributed by atoms with van der Waals surface area (Å²) in [5.41, 5.74) is 0.864. The van der Waals surface area contributed by atoms with Crippen LogP contribution in [0.25, 0.3) is 11.1 Å². The number of carboxylic acid groups (broad SMARTS) is 1. The smallest absolute Gasteiger partial charge is 0.416 e. The van der Waals surface area contributed by atoms with Crippen molar-refractivity contribution in [3.05, 3.63) is 58.6 Å². The van der Waals surface area contributed by atoms with E-state index in [2.05, 4.69) is 0 Å². The summed E-state index contributed by atoms with van der Waals surface area (Å²) in [5, 5.41) is 9.11. The van der Waals surface area contributed by atoms with E-state index in [0.717, 1.165) is 12.1 Å². The lowest BCUT2D eigenvalue weighted by atomic mass is 10.0. The minimum Gasteiger partial charge on any atom is -0.481 e. The predicted octanol–water partition coefficient (Wildman–Crippen LogP) is 4.65. The maximum Gasteiger partial charge on any atom is 0.416 e. The number of alkyl halides is 3. The molecule has 0 unspecified atom stereocenters. The topological polar surface area (TPSA) is 37.3 Å². The number of aliphatic carboxylic acids is 1. The number of hydrogen-bond donors (Lipinski definition) is 1. The summed E-state index contributed by atoms with van der Waals surface area (Å²) in [4.78, 5) is 10.7. The molecule has 2 aromatic carbocycles. The molecule has 2 nitrogen and oxygen atoms in total. The number of rotatable bonds is 3. The van der Waals surface area contributed by atoms with E-state index in [4.69, 9.17) is 16.7 Å². The van der Waals surface area contributed by atoms with Gasteiger partial charge in [-0.2, -0.15) is 13.2 Å². The van der Waals surface area contributed by atoms with Gasteiger partial charge in [-0.3, -0.25) is 4.79 Å². The molecule has 0 amide bonds. The molecule has 2 aromatic rings. The van der Waals surface area contributed by atoms with Gasteiger partial charge in [0, 0.05) is 5.02 Å². The number of benzene rings is 2. The Balaban J connectivity index is 2.36. The SMILES string of the molecule is O=C(O)Cc1cc(-c2ccc(C(F)(F)F)cc2)ccc1Cl. The Bertz CT molecular complexity index is 664. The Hall–Kier alpha value is -2.01. The molecule has 0 aromatic heterocycles. The first-order chi connectivity index (χ1) is 9.77. The fourth-order valence-electron chi connectivity index (χ4n) is 1.90. The first-order valence-corrected chi connectivity index (χ1v) is 6.33. The zero-order valence-electron chi connectivity index (χ0n) is 10.6. The van der Waals surface area contributed by atoms with Crippen LogP contribution in [0.5, 0.6) is 0 Å². The van der Waals surface area contributed by atoms with Gasteiger partial charge in [-0.15, -0.1) is 0 Å². The highest BCUT2D eigenvalue weighted by molar-refractivity contribution is 6.31. The van der Waals surface area contributed by atoms with Gasteiger partial charge in [0.05, 0.1) is 12.0 Å². The van der Waals surface area contributed by atoms with Crippen molar-refractivity contribution >= 4 is 17.6 Å². The molecule has 0 bridgehead atoms. The number of hydrogen-bond acceptors (Lipinski definition) is 1. The van der Waals surface area contributed by atoms with Crippen LogP contribution in [0.2, 0.25) is 5.02 Å². The second-order valence-corrected chi connectivity index (χ2v) is 4.86. The monoisotopic (exact) mass is 314 g/mol. The molecule has 0 aliphatic heterocycles. The second-order valence-electron chi connectivity index (χ2n) is 4.45. The van der Waals surface area contributed by atoms with E-state index in [1.807, 2.05) is 0 Å². The van der Waals surface area contributed by atoms with Gasteiger partial charge in [0.2, 0.25) is 0 Å². The Kier molecular flexibility index (Phi) is 4.23. The van der Waals surface area contributed by atoms with Crippen molar-refractivity contribution in [2.45, 2.75) is 12.6 Å². The van der Waals surface area contributed by atoms with Crippen molar-refractivity contribution in [3.8, 4) is 11.1 Å². The lowest BCUT2D eigenvalue weighted by Gasteiger charge is -2.09. The summed E-state index contributed by atoms with van der Waals surface area (Å²) in [6, 6.07) is 9.40. The average molecular weight is 315 g/mol. The zero-order chi connectivity index (χ0) is 15.6. The molecule has 110 valence electrons. The van der Waals surface area contributed by atoms with Gasteiger partial charge in [-0.05, 0) is 41.0 Å². The highest BCUT2D eigenvalue weighted by atomic mass is 35.5. The normalized spacial score (nSPS) is 11.4. The maximum atomic E-state index is 12.5. The summed E-state index contributed by atoms with van der Waals surface area (Å²) in [5.74, 6) is -1.03. The van der Waals surface area contributed by atoms with Crippen LogP contribution >= 0.6 is 11.6 Å². The Morgan fingerprint density at radius 2 is 1.62 bits per heavy atom. The predicted molar refractivity (Wildman–Crippen MR) is 73.2 cm³/mol. The molecular weight excluding hydrogens is 305 g/mol. The first kappa shape index (κ1) is 15.4. The minimum absolute atomic E-state index is 0.243. The van der Waals surface area contributed by atoms with Gasteiger partial charge in [0.25, 0.3) is 0 Å². The van der Waals surface area contributed by atoms with Crippen LogP contribution in [0.1, 0.15) is 11.1 Å². The van der Waals surface area contributed by atoms with Crippen LogP contribution in [-0.2, 0) is 17.4 Å². The lowest BCUT2D eigenvalue weighted by Crippen LogP contribution is -2.04. The van der Waals surface area contributed by atoms with Crippen molar-refractivity contribution in [3.63, 3.8) is 0 Å². The molecule has 0 saturated heterocycles. The fraction of sp³-hybridized carbons (Fsp3) is 0.133. The van der Waals surface area contributed by atoms with Crippen molar-refractivity contribution in [2.24, 2.45) is 0 Å². The van der Waals surface area contributed by atoms with Crippen LogP contribution in [0, 0.1) is 0 Å². The third-order valence-electron chi connectivity index (χ3n) is 2.93. The van der Waals surface area contributed by atoms with Gasteiger partial charge >= 0.3 is 12.1 Å². The Morgan fingerprint density at radius 1 is 1.05 bits per heavy atom. The van der Waals surface area contributed by atoms with Crippen molar-refractivity contribution in [2.75, 3.05) is 0 Å². The quantitative estimate of drug-likeness (QED) is 0.895. The lowest BCUT2D eigenvalue weighted by molar-refractivity contribution is -0.138. The van der Waals surface area contributed by atoms with Gasteiger partial charge in [-0.25, -0.2) is 0 Å². The first-order valence-electron chi connectivity index (χ1n) is 5.95. The Labute approximate surface area is 123 Å². The summed E-state index contributed by atoms with van der Waals surface area (Å²) in [6.45, 7) is 0. The zero-order valence-corrected chi connectivity index (χ0v) is 11.4. The molecule has 6 heteroatoms. The van der Waals surface area contributed by atoms with Crippen LogP contribution in [0.4, 0.5) is 13.2 Å². The van der Waals surface area contributed by atoms with Crippen molar-refractivity contribution in [1.29, 1.82) is 0 Å². The summed E-state index contributed by atoms with van der Waals surface area (Å²) >= 11 is 5.90. The summed E-state index contributed by atoms with van der Waals surface area (Å²) in [7, 11) is 0. The van der Waals surface area contributed by atoms with Gasteiger partial charge in [0.15, 0.2) is 0 Å². The largest absolute Gasteiger partial charge is 0.481 e. The van der Waals surface area contributed by atoms with E-state index in [0.29, 0.717) is 21.7 Å². The molecule has 0 aliphatic rings. The average Bonchev–Trinajstić information content (AvgIpc) is 2.40. The molecule has 0 fully saturated rings. The molecule has 21 heavy (non-hydrogen) atoms.